The zero-order valence-corrected chi connectivity index (χ0v) is 37.6. The molecule has 1 aromatic carbocycles. The predicted octanol–water partition coefficient (Wildman–Crippen LogP) is -0.856. The summed E-state index contributed by atoms with van der Waals surface area (Å²) in [7, 11) is 0. The van der Waals surface area contributed by atoms with E-state index in [1.54, 1.807) is 65.0 Å². The van der Waals surface area contributed by atoms with E-state index in [1.165, 1.54) is 6.92 Å². The molecule has 14 N–H and O–H groups in total. The molecule has 0 heterocycles. The van der Waals surface area contributed by atoms with Gasteiger partial charge in [0.2, 0.25) is 41.4 Å². The maximum atomic E-state index is 14.1. The summed E-state index contributed by atoms with van der Waals surface area (Å²) in [6, 6.07) is 0.598. The minimum Gasteiger partial charge on any atom is -0.480 e. The molecule has 1 rings (SSSR count). The van der Waals surface area contributed by atoms with Gasteiger partial charge in [-0.15, -0.1) is 0 Å². The lowest BCUT2D eigenvalue weighted by Crippen LogP contribution is -2.62. The molecule has 0 saturated heterocycles. The fourth-order valence-electron chi connectivity index (χ4n) is 6.23. The quantitative estimate of drug-likeness (QED) is 0.0293. The van der Waals surface area contributed by atoms with Gasteiger partial charge in [-0.05, 0) is 55.4 Å². The first-order valence-electron chi connectivity index (χ1n) is 21.2. The van der Waals surface area contributed by atoms with Gasteiger partial charge >= 0.3 is 5.97 Å². The van der Waals surface area contributed by atoms with Crippen LogP contribution in [0.5, 0.6) is 0 Å². The Labute approximate surface area is 364 Å². The molecule has 20 heteroatoms. The molecule has 20 nitrogen and oxygen atoms in total. The highest BCUT2D eigenvalue weighted by molar-refractivity contribution is 5.97. The van der Waals surface area contributed by atoms with E-state index in [9.17, 15) is 43.5 Å². The maximum Gasteiger partial charge on any atom is 0.326 e. The smallest absolute Gasteiger partial charge is 0.326 e. The van der Waals surface area contributed by atoms with E-state index in [2.05, 4.69) is 42.2 Å². The SMILES string of the molecule is CC[C@H](C)[C@H](NC(=O)[C@H](CCCN=C(N)N)NC(=O)[C@H](CC(C)C)NC(=O)CN)C(=O)N[C@H](C(=O)N[C@@H](Cc1ccccc1)C(=O)N[C@@H](C)C(=O)N[C@H](C(=O)O)C(C)C)C(C)C. The van der Waals surface area contributed by atoms with Gasteiger partial charge in [-0.3, -0.25) is 38.6 Å². The van der Waals surface area contributed by atoms with Crippen molar-refractivity contribution in [2.75, 3.05) is 13.1 Å². The molecule has 0 unspecified atom stereocenters. The van der Waals surface area contributed by atoms with Crippen molar-refractivity contribution >= 4 is 53.3 Å². The van der Waals surface area contributed by atoms with E-state index in [4.69, 9.17) is 17.2 Å². The molecule has 7 amide bonds. The van der Waals surface area contributed by atoms with Crippen molar-refractivity contribution in [3.8, 4) is 0 Å². The van der Waals surface area contributed by atoms with E-state index < -0.39 is 107 Å². The average Bonchev–Trinajstić information content (AvgIpc) is 3.20. The summed E-state index contributed by atoms with van der Waals surface area (Å²) in [4.78, 5) is 110. The minimum atomic E-state index is -1.23. The number of carboxylic acids is 1. The molecule has 0 saturated carbocycles. The Morgan fingerprint density at radius 2 is 1.15 bits per heavy atom. The highest BCUT2D eigenvalue weighted by atomic mass is 16.4. The summed E-state index contributed by atoms with van der Waals surface area (Å²) in [5.41, 5.74) is 17.1. The molecule has 348 valence electrons. The number of guanidine groups is 1. The third-order valence-corrected chi connectivity index (χ3v) is 10.1. The van der Waals surface area contributed by atoms with E-state index in [-0.39, 0.29) is 50.7 Å². The van der Waals surface area contributed by atoms with Crippen LogP contribution in [0, 0.1) is 23.7 Å². The summed E-state index contributed by atoms with van der Waals surface area (Å²) in [6.45, 7) is 15.1. The number of aliphatic imine (C=N–C) groups is 1. The molecular weight excluding hydrogens is 803 g/mol. The molecular formula is C42H71N11O9. The fraction of sp³-hybridized carbons (Fsp3) is 0.643. The van der Waals surface area contributed by atoms with Crippen LogP contribution in [-0.4, -0.2) is 114 Å². The van der Waals surface area contributed by atoms with Gasteiger partial charge in [-0.2, -0.15) is 0 Å². The number of amides is 7. The van der Waals surface area contributed by atoms with Gasteiger partial charge in [-0.25, -0.2) is 4.79 Å². The number of aliphatic carboxylic acids is 1. The number of nitrogens with one attached hydrogen (secondary N) is 7. The van der Waals surface area contributed by atoms with Crippen LogP contribution in [0.1, 0.15) is 93.6 Å². The van der Waals surface area contributed by atoms with Crippen molar-refractivity contribution in [1.82, 2.24) is 37.2 Å². The zero-order valence-electron chi connectivity index (χ0n) is 37.6. The van der Waals surface area contributed by atoms with Gasteiger partial charge in [0.15, 0.2) is 5.96 Å². The van der Waals surface area contributed by atoms with Crippen LogP contribution < -0.4 is 54.4 Å². The summed E-state index contributed by atoms with van der Waals surface area (Å²) < 4.78 is 0. The highest BCUT2D eigenvalue weighted by Gasteiger charge is 2.36. The summed E-state index contributed by atoms with van der Waals surface area (Å²) in [5.74, 6) is -7.61. The number of hydrogen-bond donors (Lipinski definition) is 11. The maximum absolute atomic E-state index is 14.1. The van der Waals surface area contributed by atoms with Crippen molar-refractivity contribution in [1.29, 1.82) is 0 Å². The number of rotatable bonds is 27. The van der Waals surface area contributed by atoms with Gasteiger partial charge in [-0.1, -0.05) is 92.1 Å². The van der Waals surface area contributed by atoms with Crippen LogP contribution in [0.4, 0.5) is 0 Å². The summed E-state index contributed by atoms with van der Waals surface area (Å²) >= 11 is 0. The number of benzene rings is 1. The molecule has 0 spiro atoms. The molecule has 0 bridgehead atoms. The Morgan fingerprint density at radius 1 is 0.629 bits per heavy atom. The molecule has 0 aromatic heterocycles. The Kier molecular flexibility index (Phi) is 23.8. The van der Waals surface area contributed by atoms with Crippen molar-refractivity contribution in [3.05, 3.63) is 35.9 Å². The van der Waals surface area contributed by atoms with Crippen LogP contribution in [-0.2, 0) is 44.8 Å². The second-order valence-corrected chi connectivity index (χ2v) is 16.6. The van der Waals surface area contributed by atoms with Crippen LogP contribution in [0.15, 0.2) is 35.3 Å². The van der Waals surface area contributed by atoms with Crippen molar-refractivity contribution in [2.45, 2.75) is 137 Å². The highest BCUT2D eigenvalue weighted by Crippen LogP contribution is 2.14. The van der Waals surface area contributed by atoms with Gasteiger partial charge in [0.05, 0.1) is 6.54 Å². The molecule has 0 aliphatic rings. The summed E-state index contributed by atoms with van der Waals surface area (Å²) in [6.07, 6.45) is 1.01. The first-order valence-corrected chi connectivity index (χ1v) is 21.2. The van der Waals surface area contributed by atoms with E-state index in [1.807, 2.05) is 20.8 Å². The molecule has 0 fully saturated rings. The van der Waals surface area contributed by atoms with Crippen LogP contribution in [0.25, 0.3) is 0 Å². The van der Waals surface area contributed by atoms with Gasteiger partial charge in [0.1, 0.15) is 42.3 Å². The lowest BCUT2D eigenvalue weighted by atomic mass is 9.95. The zero-order chi connectivity index (χ0) is 47.3. The third-order valence-electron chi connectivity index (χ3n) is 10.1. The molecule has 0 radical (unpaired) electrons. The predicted molar refractivity (Wildman–Crippen MR) is 235 cm³/mol. The first kappa shape index (κ1) is 54.2. The second kappa shape index (κ2) is 27.2. The van der Waals surface area contributed by atoms with Crippen LogP contribution >= 0.6 is 0 Å². The number of carboxylic acid groups (broad SMARTS) is 1. The third kappa shape index (κ3) is 19.3. The minimum absolute atomic E-state index is 0.00499. The number of hydrogen-bond acceptors (Lipinski definition) is 10. The van der Waals surface area contributed by atoms with Gasteiger partial charge < -0.3 is 59.5 Å². The second-order valence-electron chi connectivity index (χ2n) is 16.6. The molecule has 0 aliphatic carbocycles. The topological polar surface area (TPSA) is 331 Å². The Hall–Kier alpha value is -5.79. The fourth-order valence-corrected chi connectivity index (χ4v) is 6.23. The lowest BCUT2D eigenvalue weighted by Gasteiger charge is -2.30. The molecule has 62 heavy (non-hydrogen) atoms. The van der Waals surface area contributed by atoms with Crippen molar-refractivity contribution < 1.29 is 43.5 Å². The Bertz CT molecular complexity index is 1690. The largest absolute Gasteiger partial charge is 0.480 e. The summed E-state index contributed by atoms with van der Waals surface area (Å²) in [5, 5.41) is 28.0. The van der Waals surface area contributed by atoms with Gasteiger partial charge in [0.25, 0.3) is 0 Å². The first-order chi connectivity index (χ1) is 29.0. The molecule has 8 atom stereocenters. The van der Waals surface area contributed by atoms with E-state index in [0.29, 0.717) is 12.0 Å². The van der Waals surface area contributed by atoms with E-state index in [0.717, 1.165) is 0 Å². The normalized spacial score (nSPS) is 15.0. The standard InChI is InChI=1S/C42H71N11O9/c1-10-25(8)34(53-36(56)28(17-14-18-46-42(44)45)49-38(58)29(19-22(2)3)48-31(54)21-43)40(60)51-32(23(4)5)39(59)50-30(20-27-15-12-11-13-16-27)37(57)47-26(9)35(55)52-33(24(6)7)41(61)62/h11-13,15-16,22-26,28-30,32-34H,10,14,17-21,43H2,1-9H3,(H,47,57)(H,48,54)(H,49,58)(H,50,59)(H,51,60)(H,52,55)(H,53,56)(H,61,62)(H4,44,45,46)/t25-,26-,28-,29-,30-,32-,33-,34-/m0/s1. The average molecular weight is 874 g/mol. The molecule has 1 aromatic rings. The van der Waals surface area contributed by atoms with Crippen molar-refractivity contribution in [3.63, 3.8) is 0 Å². The van der Waals surface area contributed by atoms with E-state index >= 15 is 0 Å². The number of carbonyl (C=O) groups excluding carboxylic acids is 7. The van der Waals surface area contributed by atoms with Crippen molar-refractivity contribution in [2.24, 2.45) is 45.9 Å². The Morgan fingerprint density at radius 3 is 1.66 bits per heavy atom. The monoisotopic (exact) mass is 874 g/mol. The number of nitrogens with zero attached hydrogens (tertiary/aromatic N) is 1. The Balaban J connectivity index is 3.41. The number of carbonyl (C=O) groups is 8. The molecule has 0 aliphatic heterocycles. The van der Waals surface area contributed by atoms with Gasteiger partial charge in [0, 0.05) is 13.0 Å². The van der Waals surface area contributed by atoms with Crippen LogP contribution in [0.3, 0.4) is 0 Å². The lowest BCUT2D eigenvalue weighted by molar-refractivity contribution is -0.143. The number of nitrogens with two attached hydrogens (primary N) is 3. The van der Waals surface area contributed by atoms with Crippen LogP contribution in [0.2, 0.25) is 0 Å².